The number of pyridine rings is 1. The lowest BCUT2D eigenvalue weighted by atomic mass is 10.0. The highest BCUT2D eigenvalue weighted by Crippen LogP contribution is 2.28. The third kappa shape index (κ3) is 5.78. The molecule has 0 saturated heterocycles. The van der Waals surface area contributed by atoms with Crippen molar-refractivity contribution in [2.24, 2.45) is 0 Å². The number of furan rings is 1. The van der Waals surface area contributed by atoms with Gasteiger partial charge in [0, 0.05) is 23.6 Å². The van der Waals surface area contributed by atoms with Crippen molar-refractivity contribution in [3.05, 3.63) is 78.3 Å². The number of amides is 2. The molecule has 1 atom stereocenters. The Kier molecular flexibility index (Phi) is 6.72. The van der Waals surface area contributed by atoms with Gasteiger partial charge in [0.1, 0.15) is 18.3 Å². The van der Waals surface area contributed by atoms with E-state index < -0.39 is 11.6 Å². The number of aromatic nitrogens is 5. The van der Waals surface area contributed by atoms with Gasteiger partial charge in [0.05, 0.1) is 0 Å². The van der Waals surface area contributed by atoms with Gasteiger partial charge in [0.25, 0.3) is 5.91 Å². The fraction of sp³-hybridized carbons (Fsp3) is 0.280. The van der Waals surface area contributed by atoms with Crippen LogP contribution in [0.4, 0.5) is 5.69 Å². The zero-order valence-corrected chi connectivity index (χ0v) is 20.0. The van der Waals surface area contributed by atoms with Gasteiger partial charge in [0.2, 0.25) is 11.7 Å². The Hall–Kier alpha value is -4.34. The monoisotopic (exact) mass is 473 g/mol. The Morgan fingerprint density at radius 3 is 2.40 bits per heavy atom. The molecule has 0 aliphatic rings. The third-order valence-corrected chi connectivity index (χ3v) is 5.02. The Morgan fingerprint density at radius 2 is 1.77 bits per heavy atom. The van der Waals surface area contributed by atoms with Crippen molar-refractivity contribution in [3.8, 4) is 11.6 Å². The highest BCUT2D eigenvalue weighted by molar-refractivity contribution is 6.01. The van der Waals surface area contributed by atoms with Crippen LogP contribution in [0.5, 0.6) is 0 Å². The Morgan fingerprint density at radius 1 is 1.06 bits per heavy atom. The van der Waals surface area contributed by atoms with Crippen molar-refractivity contribution in [2.75, 3.05) is 4.90 Å². The van der Waals surface area contributed by atoms with Crippen LogP contribution in [0.1, 0.15) is 38.1 Å². The van der Waals surface area contributed by atoms with Gasteiger partial charge >= 0.3 is 0 Å². The number of carbonyl (C=O) groups is 2. The summed E-state index contributed by atoms with van der Waals surface area (Å²) in [6.07, 6.45) is 3.19. The standard InChI is InChI=1S/C25H27N7O3/c1-17-10-11-20(35-17)23-28-30-31(29-23)16-21(33)32(19-8-6-5-7-9-19)22(18-12-14-26-15-13-18)24(34)27-25(2,3)4/h5-15,22H,16H2,1-4H3,(H,27,34). The summed E-state index contributed by atoms with van der Waals surface area (Å²) in [6.45, 7) is 7.25. The molecule has 0 spiro atoms. The lowest BCUT2D eigenvalue weighted by Gasteiger charge is -2.33. The molecule has 0 fully saturated rings. The van der Waals surface area contributed by atoms with E-state index in [0.29, 0.717) is 22.8 Å². The summed E-state index contributed by atoms with van der Waals surface area (Å²) in [5, 5.41) is 15.3. The van der Waals surface area contributed by atoms with E-state index in [0.717, 1.165) is 0 Å². The van der Waals surface area contributed by atoms with Gasteiger partial charge in [-0.3, -0.25) is 19.5 Å². The van der Waals surface area contributed by atoms with Crippen LogP contribution >= 0.6 is 0 Å². The number of carbonyl (C=O) groups excluding carboxylic acids is 2. The zero-order valence-electron chi connectivity index (χ0n) is 20.0. The summed E-state index contributed by atoms with van der Waals surface area (Å²) in [7, 11) is 0. The first kappa shape index (κ1) is 23.8. The van der Waals surface area contributed by atoms with Crippen LogP contribution in [0.2, 0.25) is 0 Å². The minimum Gasteiger partial charge on any atom is -0.458 e. The second kappa shape index (κ2) is 9.88. The van der Waals surface area contributed by atoms with Crippen molar-refractivity contribution in [3.63, 3.8) is 0 Å². The molecule has 10 nitrogen and oxygen atoms in total. The van der Waals surface area contributed by atoms with E-state index in [9.17, 15) is 9.59 Å². The molecule has 0 saturated carbocycles. The van der Waals surface area contributed by atoms with E-state index in [4.69, 9.17) is 4.42 Å². The van der Waals surface area contributed by atoms with E-state index in [2.05, 4.69) is 25.7 Å². The van der Waals surface area contributed by atoms with Gasteiger partial charge in [-0.05, 0) is 74.9 Å². The molecule has 4 rings (SSSR count). The summed E-state index contributed by atoms with van der Waals surface area (Å²) < 4.78 is 5.55. The van der Waals surface area contributed by atoms with Gasteiger partial charge in [-0.15, -0.1) is 10.2 Å². The predicted molar refractivity (Wildman–Crippen MR) is 129 cm³/mol. The second-order valence-electron chi connectivity index (χ2n) is 9.08. The molecule has 0 bridgehead atoms. The molecule has 3 aromatic heterocycles. The highest BCUT2D eigenvalue weighted by atomic mass is 16.3. The Labute approximate surface area is 203 Å². The fourth-order valence-corrected chi connectivity index (χ4v) is 3.59. The molecule has 10 heteroatoms. The maximum Gasteiger partial charge on any atom is 0.251 e. The number of rotatable bonds is 7. The number of tetrazole rings is 1. The molecular formula is C25H27N7O3. The summed E-state index contributed by atoms with van der Waals surface area (Å²) in [4.78, 5) is 34.0. The van der Waals surface area contributed by atoms with Crippen molar-refractivity contribution in [1.82, 2.24) is 30.5 Å². The maximum absolute atomic E-state index is 13.7. The highest BCUT2D eigenvalue weighted by Gasteiger charge is 2.34. The van der Waals surface area contributed by atoms with Crippen LogP contribution in [0.15, 0.2) is 71.4 Å². The molecule has 1 N–H and O–H groups in total. The van der Waals surface area contributed by atoms with Crippen LogP contribution in [-0.2, 0) is 16.1 Å². The first-order valence-electron chi connectivity index (χ1n) is 11.1. The van der Waals surface area contributed by atoms with E-state index in [1.54, 1.807) is 48.8 Å². The Bertz CT molecular complexity index is 1290. The molecule has 35 heavy (non-hydrogen) atoms. The zero-order chi connectivity index (χ0) is 25.0. The van der Waals surface area contributed by atoms with Crippen LogP contribution in [-0.4, -0.2) is 42.5 Å². The van der Waals surface area contributed by atoms with Crippen molar-refractivity contribution in [2.45, 2.75) is 45.8 Å². The molecule has 0 aliphatic heterocycles. The van der Waals surface area contributed by atoms with E-state index in [-0.39, 0.29) is 24.2 Å². The number of hydrogen-bond acceptors (Lipinski definition) is 7. The predicted octanol–water partition coefficient (Wildman–Crippen LogP) is 3.33. The number of para-hydroxylation sites is 1. The number of benzene rings is 1. The van der Waals surface area contributed by atoms with Gasteiger partial charge in [-0.2, -0.15) is 4.80 Å². The second-order valence-corrected chi connectivity index (χ2v) is 9.08. The lowest BCUT2D eigenvalue weighted by Crippen LogP contribution is -2.50. The van der Waals surface area contributed by atoms with Crippen LogP contribution < -0.4 is 10.2 Å². The lowest BCUT2D eigenvalue weighted by molar-refractivity contribution is -0.128. The van der Waals surface area contributed by atoms with Gasteiger partial charge in [-0.1, -0.05) is 18.2 Å². The minimum atomic E-state index is -0.942. The van der Waals surface area contributed by atoms with Crippen molar-refractivity contribution >= 4 is 17.5 Å². The molecule has 4 aromatic rings. The molecule has 1 aromatic carbocycles. The number of anilines is 1. The molecule has 180 valence electrons. The van der Waals surface area contributed by atoms with Crippen LogP contribution in [0.25, 0.3) is 11.6 Å². The number of nitrogens with zero attached hydrogens (tertiary/aromatic N) is 6. The molecule has 0 aliphatic carbocycles. The summed E-state index contributed by atoms with van der Waals surface area (Å²) in [5.74, 6) is 0.738. The average Bonchev–Trinajstić information content (AvgIpc) is 3.46. The normalized spacial score (nSPS) is 12.2. The van der Waals surface area contributed by atoms with Gasteiger partial charge in [0.15, 0.2) is 5.76 Å². The summed E-state index contributed by atoms with van der Waals surface area (Å²) in [5.41, 5.74) is 0.680. The summed E-state index contributed by atoms with van der Waals surface area (Å²) in [6, 6.07) is 15.1. The van der Waals surface area contributed by atoms with E-state index in [1.807, 2.05) is 45.9 Å². The SMILES string of the molecule is Cc1ccc(-c2nnn(CC(=O)N(c3ccccc3)C(C(=O)NC(C)(C)C)c3ccncc3)n2)o1. The molecule has 0 radical (unpaired) electrons. The van der Waals surface area contributed by atoms with Gasteiger partial charge < -0.3 is 9.73 Å². The fourth-order valence-electron chi connectivity index (χ4n) is 3.59. The van der Waals surface area contributed by atoms with Crippen molar-refractivity contribution < 1.29 is 14.0 Å². The van der Waals surface area contributed by atoms with E-state index >= 15 is 0 Å². The quantitative estimate of drug-likeness (QED) is 0.437. The Balaban J connectivity index is 1.70. The molecular weight excluding hydrogens is 446 g/mol. The molecule has 2 amide bonds. The van der Waals surface area contributed by atoms with E-state index in [1.165, 1.54) is 9.70 Å². The van der Waals surface area contributed by atoms with Gasteiger partial charge in [-0.25, -0.2) is 0 Å². The smallest absolute Gasteiger partial charge is 0.251 e. The maximum atomic E-state index is 13.7. The minimum absolute atomic E-state index is 0.230. The molecule has 1 unspecified atom stereocenters. The largest absolute Gasteiger partial charge is 0.458 e. The third-order valence-electron chi connectivity index (χ3n) is 5.02. The number of hydrogen-bond donors (Lipinski definition) is 1. The topological polar surface area (TPSA) is 119 Å². The molecule has 3 heterocycles. The van der Waals surface area contributed by atoms with Crippen LogP contribution in [0, 0.1) is 6.92 Å². The first-order valence-corrected chi connectivity index (χ1v) is 11.1. The average molecular weight is 474 g/mol. The number of nitrogens with one attached hydrogen (secondary N) is 1. The first-order chi connectivity index (χ1) is 16.7. The summed E-state index contributed by atoms with van der Waals surface area (Å²) >= 11 is 0. The van der Waals surface area contributed by atoms with Crippen molar-refractivity contribution in [1.29, 1.82) is 0 Å². The number of aryl methyl sites for hydroxylation is 1. The van der Waals surface area contributed by atoms with Crippen LogP contribution in [0.3, 0.4) is 0 Å².